The Labute approximate surface area is 102 Å². The molecule has 0 radical (unpaired) electrons. The molecule has 0 unspecified atom stereocenters. The van der Waals surface area contributed by atoms with E-state index in [1.165, 1.54) is 11.3 Å². The molecule has 1 heterocycles. The molecule has 86 valence electrons. The first-order chi connectivity index (χ1) is 8.36. The molecule has 17 heavy (non-hydrogen) atoms. The van der Waals surface area contributed by atoms with Gasteiger partial charge < -0.3 is 10.6 Å². The second-order valence-corrected chi connectivity index (χ2v) is 4.51. The van der Waals surface area contributed by atoms with Crippen LogP contribution in [0.4, 0.5) is 5.69 Å². The van der Waals surface area contributed by atoms with Crippen LogP contribution in [0.1, 0.15) is 11.6 Å². The lowest BCUT2D eigenvalue weighted by Gasteiger charge is -2.48. The van der Waals surface area contributed by atoms with Crippen LogP contribution in [0.5, 0.6) is 0 Å². The molecule has 0 bridgehead atoms. The summed E-state index contributed by atoms with van der Waals surface area (Å²) in [6.45, 7) is 0.934. The van der Waals surface area contributed by atoms with Gasteiger partial charge in [-0.1, -0.05) is 48.5 Å². The summed E-state index contributed by atoms with van der Waals surface area (Å²) >= 11 is 0. The van der Waals surface area contributed by atoms with E-state index in [1.54, 1.807) is 0 Å². The van der Waals surface area contributed by atoms with Gasteiger partial charge in [-0.05, 0) is 17.7 Å². The lowest BCUT2D eigenvalue weighted by molar-refractivity contribution is 0.390. The van der Waals surface area contributed by atoms with Crippen LogP contribution in [-0.2, 0) is 0 Å². The third-order valence-electron chi connectivity index (χ3n) is 3.38. The lowest BCUT2D eigenvalue weighted by atomic mass is 9.89. The molecule has 2 aromatic rings. The first-order valence-electron chi connectivity index (χ1n) is 5.98. The van der Waals surface area contributed by atoms with Crippen molar-refractivity contribution in [2.75, 3.05) is 11.4 Å². The third-order valence-corrected chi connectivity index (χ3v) is 3.38. The fourth-order valence-corrected chi connectivity index (χ4v) is 2.50. The molecule has 1 aliphatic rings. The zero-order valence-electron chi connectivity index (χ0n) is 9.66. The van der Waals surface area contributed by atoms with Gasteiger partial charge in [-0.15, -0.1) is 0 Å². The van der Waals surface area contributed by atoms with Crippen molar-refractivity contribution in [2.24, 2.45) is 5.73 Å². The fraction of sp³-hybridized carbons (Fsp3) is 0.200. The second kappa shape index (κ2) is 4.22. The smallest absolute Gasteiger partial charge is 0.0711 e. The molecule has 2 aromatic carbocycles. The summed E-state index contributed by atoms with van der Waals surface area (Å²) in [5.74, 6) is 0. The highest BCUT2D eigenvalue weighted by atomic mass is 15.3. The molecule has 0 aliphatic carbocycles. The Hall–Kier alpha value is -1.80. The van der Waals surface area contributed by atoms with Gasteiger partial charge in [-0.25, -0.2) is 0 Å². The van der Waals surface area contributed by atoms with E-state index in [2.05, 4.69) is 53.4 Å². The van der Waals surface area contributed by atoms with Gasteiger partial charge >= 0.3 is 0 Å². The van der Waals surface area contributed by atoms with Crippen molar-refractivity contribution in [2.45, 2.75) is 12.1 Å². The Balaban J connectivity index is 1.89. The van der Waals surface area contributed by atoms with Crippen molar-refractivity contribution >= 4 is 5.69 Å². The first-order valence-corrected chi connectivity index (χ1v) is 5.98. The normalized spacial score (nSPS) is 23.2. The minimum atomic E-state index is 0.234. The van der Waals surface area contributed by atoms with Crippen LogP contribution < -0.4 is 10.6 Å². The number of hydrogen-bond acceptors (Lipinski definition) is 2. The summed E-state index contributed by atoms with van der Waals surface area (Å²) in [5.41, 5.74) is 8.69. The summed E-state index contributed by atoms with van der Waals surface area (Å²) in [6.07, 6.45) is 0. The van der Waals surface area contributed by atoms with Crippen LogP contribution in [0.25, 0.3) is 0 Å². The minimum Gasteiger partial charge on any atom is -0.361 e. The largest absolute Gasteiger partial charge is 0.361 e. The van der Waals surface area contributed by atoms with Gasteiger partial charge in [0.2, 0.25) is 0 Å². The third kappa shape index (κ3) is 1.81. The Morgan fingerprint density at radius 2 is 1.47 bits per heavy atom. The number of nitrogens with two attached hydrogens (primary N) is 1. The van der Waals surface area contributed by atoms with Crippen LogP contribution in [0.15, 0.2) is 60.7 Å². The Bertz CT molecular complexity index is 481. The van der Waals surface area contributed by atoms with E-state index in [0.717, 1.165) is 6.54 Å². The van der Waals surface area contributed by atoms with Gasteiger partial charge in [0, 0.05) is 18.3 Å². The van der Waals surface area contributed by atoms with Gasteiger partial charge in [0.25, 0.3) is 0 Å². The van der Waals surface area contributed by atoms with Crippen molar-refractivity contribution in [3.63, 3.8) is 0 Å². The van der Waals surface area contributed by atoms with Crippen molar-refractivity contribution < 1.29 is 0 Å². The monoisotopic (exact) mass is 224 g/mol. The van der Waals surface area contributed by atoms with Crippen molar-refractivity contribution in [1.29, 1.82) is 0 Å². The van der Waals surface area contributed by atoms with Crippen LogP contribution in [0.3, 0.4) is 0 Å². The van der Waals surface area contributed by atoms with Crippen LogP contribution in [0, 0.1) is 0 Å². The van der Waals surface area contributed by atoms with Crippen LogP contribution >= 0.6 is 0 Å². The van der Waals surface area contributed by atoms with E-state index >= 15 is 0 Å². The van der Waals surface area contributed by atoms with Gasteiger partial charge in [0.15, 0.2) is 0 Å². The van der Waals surface area contributed by atoms with E-state index in [-0.39, 0.29) is 6.04 Å². The Morgan fingerprint density at radius 1 is 0.882 bits per heavy atom. The summed E-state index contributed by atoms with van der Waals surface area (Å²) in [5, 5.41) is 0. The Morgan fingerprint density at radius 3 is 2.06 bits per heavy atom. The standard InChI is InChI=1S/C15H16N2/c16-14-11-17(13-9-5-2-6-10-13)15(14)12-7-3-1-4-8-12/h1-10,14-15H,11,16H2/t14-,15+/m1/s1. The van der Waals surface area contributed by atoms with Gasteiger partial charge in [-0.3, -0.25) is 0 Å². The second-order valence-electron chi connectivity index (χ2n) is 4.51. The average molecular weight is 224 g/mol. The molecular formula is C15H16N2. The maximum absolute atomic E-state index is 6.14. The SMILES string of the molecule is N[C@@H]1CN(c2ccccc2)[C@H]1c1ccccc1. The maximum atomic E-state index is 6.14. The van der Waals surface area contributed by atoms with E-state index < -0.39 is 0 Å². The molecule has 0 spiro atoms. The highest BCUT2D eigenvalue weighted by Crippen LogP contribution is 2.36. The molecule has 2 nitrogen and oxygen atoms in total. The summed E-state index contributed by atoms with van der Waals surface area (Å²) in [6, 6.07) is 21.5. The molecule has 2 atom stereocenters. The van der Waals surface area contributed by atoms with Crippen molar-refractivity contribution in [1.82, 2.24) is 0 Å². The molecule has 0 aromatic heterocycles. The fourth-order valence-electron chi connectivity index (χ4n) is 2.50. The average Bonchev–Trinajstić information content (AvgIpc) is 2.38. The molecule has 2 N–H and O–H groups in total. The quantitative estimate of drug-likeness (QED) is 0.849. The number of anilines is 1. The topological polar surface area (TPSA) is 29.3 Å². The first kappa shape index (κ1) is 10.4. The minimum absolute atomic E-state index is 0.234. The summed E-state index contributed by atoms with van der Waals surface area (Å²) < 4.78 is 0. The lowest BCUT2D eigenvalue weighted by Crippen LogP contribution is -2.58. The number of nitrogens with zero attached hydrogens (tertiary/aromatic N) is 1. The molecule has 2 heteroatoms. The highest BCUT2D eigenvalue weighted by molar-refractivity contribution is 5.53. The summed E-state index contributed by atoms with van der Waals surface area (Å²) in [7, 11) is 0. The predicted molar refractivity (Wildman–Crippen MR) is 70.9 cm³/mol. The van der Waals surface area contributed by atoms with E-state index in [1.807, 2.05) is 12.1 Å². The predicted octanol–water partition coefficient (Wildman–Crippen LogP) is 2.58. The van der Waals surface area contributed by atoms with Crippen LogP contribution in [0.2, 0.25) is 0 Å². The van der Waals surface area contributed by atoms with Gasteiger partial charge in [0.05, 0.1) is 6.04 Å². The van der Waals surface area contributed by atoms with Crippen LogP contribution in [-0.4, -0.2) is 12.6 Å². The zero-order chi connectivity index (χ0) is 11.7. The van der Waals surface area contributed by atoms with E-state index in [4.69, 9.17) is 5.73 Å². The molecule has 1 saturated heterocycles. The molecule has 1 aliphatic heterocycles. The number of benzene rings is 2. The highest BCUT2D eigenvalue weighted by Gasteiger charge is 2.37. The number of hydrogen-bond donors (Lipinski definition) is 1. The molecular weight excluding hydrogens is 208 g/mol. The van der Waals surface area contributed by atoms with Crippen molar-refractivity contribution in [3.8, 4) is 0 Å². The van der Waals surface area contributed by atoms with E-state index in [0.29, 0.717) is 6.04 Å². The Kier molecular flexibility index (Phi) is 2.57. The number of rotatable bonds is 2. The molecule has 3 rings (SSSR count). The van der Waals surface area contributed by atoms with E-state index in [9.17, 15) is 0 Å². The van der Waals surface area contributed by atoms with Gasteiger partial charge in [-0.2, -0.15) is 0 Å². The molecule has 1 fully saturated rings. The maximum Gasteiger partial charge on any atom is 0.0711 e. The zero-order valence-corrected chi connectivity index (χ0v) is 9.66. The molecule has 0 saturated carbocycles. The van der Waals surface area contributed by atoms with Gasteiger partial charge in [0.1, 0.15) is 0 Å². The summed E-state index contributed by atoms with van der Waals surface area (Å²) in [4.78, 5) is 2.36. The number of para-hydroxylation sites is 1. The molecule has 0 amide bonds. The van der Waals surface area contributed by atoms with Crippen molar-refractivity contribution in [3.05, 3.63) is 66.2 Å².